The van der Waals surface area contributed by atoms with Crippen LogP contribution in [0.5, 0.6) is 0 Å². The number of ether oxygens (including phenoxy) is 4. The Morgan fingerprint density at radius 2 is 2.10 bits per heavy atom. The lowest BCUT2D eigenvalue weighted by Gasteiger charge is -2.24. The Balaban J connectivity index is 1.57. The van der Waals surface area contributed by atoms with Crippen LogP contribution in [0.3, 0.4) is 0 Å². The molecule has 3 fully saturated rings. The van der Waals surface area contributed by atoms with E-state index in [4.69, 9.17) is 18.9 Å². The molecule has 3 saturated heterocycles. The highest BCUT2D eigenvalue weighted by Gasteiger charge is 2.69. The number of fused-ring (bicyclic) bond motifs is 7. The van der Waals surface area contributed by atoms with Crippen molar-refractivity contribution < 1.29 is 28.5 Å². The topological polar surface area (TPSA) is 77.7 Å². The van der Waals surface area contributed by atoms with Crippen LogP contribution >= 0.6 is 0 Å². The van der Waals surface area contributed by atoms with Crippen molar-refractivity contribution in [2.75, 3.05) is 0 Å². The first-order chi connectivity index (χ1) is 9.98. The van der Waals surface area contributed by atoms with Crippen LogP contribution in [0.15, 0.2) is 11.6 Å². The molecule has 0 radical (unpaired) electrons. The molecular weight excluding hydrogens is 276 g/mol. The van der Waals surface area contributed by atoms with Crippen LogP contribution in [0.1, 0.15) is 20.3 Å². The Morgan fingerprint density at radius 1 is 1.29 bits per heavy atom. The minimum atomic E-state index is -0.400. The predicted molar refractivity (Wildman–Crippen MR) is 67.1 cm³/mol. The SMILES string of the molecule is C[C@H]1C(=O)O[C@H]2C[C@]3(C)O[C@@H]3[C@@H]3O[C@@H]3C3=C[C@@H](OC3=O)[C@@H]21. The molecule has 0 saturated carbocycles. The van der Waals surface area contributed by atoms with Gasteiger partial charge in [-0.15, -0.1) is 0 Å². The number of esters is 2. The summed E-state index contributed by atoms with van der Waals surface area (Å²) in [6.07, 6.45) is 1.48. The van der Waals surface area contributed by atoms with Gasteiger partial charge in [0.05, 0.1) is 17.1 Å². The molecule has 0 aromatic rings. The van der Waals surface area contributed by atoms with Crippen LogP contribution in [-0.4, -0.2) is 48.1 Å². The fourth-order valence-electron chi connectivity index (χ4n) is 4.20. The van der Waals surface area contributed by atoms with Crippen molar-refractivity contribution in [3.05, 3.63) is 11.6 Å². The van der Waals surface area contributed by atoms with E-state index in [1.165, 1.54) is 0 Å². The Hall–Kier alpha value is -1.40. The summed E-state index contributed by atoms with van der Waals surface area (Å²) in [6, 6.07) is 0. The molecule has 0 spiro atoms. The van der Waals surface area contributed by atoms with E-state index in [0.29, 0.717) is 12.0 Å². The maximum atomic E-state index is 12.1. The third-order valence-electron chi connectivity index (χ3n) is 5.53. The van der Waals surface area contributed by atoms with Crippen molar-refractivity contribution in [1.82, 2.24) is 0 Å². The lowest BCUT2D eigenvalue weighted by molar-refractivity contribution is -0.144. The van der Waals surface area contributed by atoms with Crippen molar-refractivity contribution in [2.24, 2.45) is 11.8 Å². The fourth-order valence-corrected chi connectivity index (χ4v) is 4.20. The molecule has 6 heteroatoms. The van der Waals surface area contributed by atoms with E-state index >= 15 is 0 Å². The Labute approximate surface area is 121 Å². The molecule has 0 aromatic carbocycles. The molecule has 6 nitrogen and oxygen atoms in total. The standard InChI is InChI=1S/C15H16O6/c1-5-9-7-3-6(14(17)18-7)10-11(20-10)12-15(2,21-12)4-8(9)19-13(5)16/h3,5,7-12H,4H2,1-2H3/t5-,7-,8+,9+,10-,11-,12-,15+/m1/s1. The maximum Gasteiger partial charge on any atom is 0.337 e. The van der Waals surface area contributed by atoms with Gasteiger partial charge in [0.2, 0.25) is 0 Å². The zero-order valence-corrected chi connectivity index (χ0v) is 11.8. The monoisotopic (exact) mass is 292 g/mol. The first kappa shape index (κ1) is 12.2. The molecule has 5 rings (SSSR count). The second-order valence-corrected chi connectivity index (χ2v) is 6.91. The van der Waals surface area contributed by atoms with Gasteiger partial charge in [-0.2, -0.15) is 0 Å². The first-order valence-electron chi connectivity index (χ1n) is 7.44. The summed E-state index contributed by atoms with van der Waals surface area (Å²) in [5.41, 5.74) is 0.252. The lowest BCUT2D eigenvalue weighted by atomic mass is 9.81. The second kappa shape index (κ2) is 3.50. The van der Waals surface area contributed by atoms with Gasteiger partial charge >= 0.3 is 11.9 Å². The number of carbonyl (C=O) groups is 2. The van der Waals surface area contributed by atoms with Gasteiger partial charge in [0.1, 0.15) is 30.5 Å². The van der Waals surface area contributed by atoms with Gasteiger partial charge in [-0.05, 0) is 13.0 Å². The number of hydrogen-bond donors (Lipinski definition) is 0. The summed E-state index contributed by atoms with van der Waals surface area (Å²) < 4.78 is 22.5. The van der Waals surface area contributed by atoms with Crippen LogP contribution in [0, 0.1) is 11.8 Å². The molecule has 0 N–H and O–H groups in total. The molecule has 0 amide bonds. The average Bonchev–Trinajstić information content (AvgIpc) is 3.25. The quantitative estimate of drug-likeness (QED) is 0.473. The van der Waals surface area contributed by atoms with Crippen LogP contribution in [0.2, 0.25) is 0 Å². The highest BCUT2D eigenvalue weighted by atomic mass is 16.7. The van der Waals surface area contributed by atoms with E-state index < -0.39 is 6.10 Å². The van der Waals surface area contributed by atoms with E-state index in [0.717, 1.165) is 0 Å². The Kier molecular flexibility index (Phi) is 2.03. The number of epoxide rings is 2. The van der Waals surface area contributed by atoms with Crippen LogP contribution in [0.4, 0.5) is 0 Å². The smallest absolute Gasteiger partial charge is 0.337 e. The minimum Gasteiger partial charge on any atom is -0.462 e. The van der Waals surface area contributed by atoms with E-state index in [1.807, 2.05) is 19.9 Å². The predicted octanol–water partition coefficient (Wildman–Crippen LogP) is 0.344. The third kappa shape index (κ3) is 1.49. The first-order valence-corrected chi connectivity index (χ1v) is 7.44. The Morgan fingerprint density at radius 3 is 2.90 bits per heavy atom. The summed E-state index contributed by atoms with van der Waals surface area (Å²) in [4.78, 5) is 24.0. The molecule has 0 aromatic heterocycles. The molecule has 4 aliphatic heterocycles. The largest absolute Gasteiger partial charge is 0.462 e. The maximum absolute atomic E-state index is 12.1. The van der Waals surface area contributed by atoms with Gasteiger partial charge in [-0.25, -0.2) is 4.79 Å². The van der Waals surface area contributed by atoms with Gasteiger partial charge < -0.3 is 18.9 Å². The summed E-state index contributed by atoms with van der Waals surface area (Å²) in [7, 11) is 0. The van der Waals surface area contributed by atoms with Crippen molar-refractivity contribution >= 4 is 11.9 Å². The molecule has 2 bridgehead atoms. The molecule has 5 aliphatic rings. The zero-order valence-electron chi connectivity index (χ0n) is 11.8. The van der Waals surface area contributed by atoms with Crippen LogP contribution in [-0.2, 0) is 28.5 Å². The molecule has 0 unspecified atom stereocenters. The molecule has 1 aliphatic carbocycles. The van der Waals surface area contributed by atoms with Gasteiger partial charge in [-0.3, -0.25) is 4.79 Å². The average molecular weight is 292 g/mol. The summed E-state index contributed by atoms with van der Waals surface area (Å²) >= 11 is 0. The van der Waals surface area contributed by atoms with Gasteiger partial charge in [0.25, 0.3) is 0 Å². The third-order valence-corrected chi connectivity index (χ3v) is 5.53. The molecule has 21 heavy (non-hydrogen) atoms. The van der Waals surface area contributed by atoms with E-state index in [1.54, 1.807) is 0 Å². The highest BCUT2D eigenvalue weighted by molar-refractivity contribution is 5.93. The molecule has 4 heterocycles. The lowest BCUT2D eigenvalue weighted by Crippen LogP contribution is -2.35. The molecule has 112 valence electrons. The second-order valence-electron chi connectivity index (χ2n) is 6.91. The highest BCUT2D eigenvalue weighted by Crippen LogP contribution is 2.54. The van der Waals surface area contributed by atoms with Crippen molar-refractivity contribution in [3.8, 4) is 0 Å². The van der Waals surface area contributed by atoms with E-state index in [9.17, 15) is 9.59 Å². The van der Waals surface area contributed by atoms with Crippen LogP contribution < -0.4 is 0 Å². The summed E-state index contributed by atoms with van der Waals surface area (Å²) in [6.45, 7) is 3.85. The molecule has 8 atom stereocenters. The normalized spacial score (nSPS) is 56.5. The number of rotatable bonds is 0. The van der Waals surface area contributed by atoms with Crippen molar-refractivity contribution in [1.29, 1.82) is 0 Å². The van der Waals surface area contributed by atoms with Gasteiger partial charge in [-0.1, -0.05) is 6.92 Å². The minimum absolute atomic E-state index is 0.0244. The van der Waals surface area contributed by atoms with E-state index in [-0.39, 0.29) is 53.8 Å². The zero-order chi connectivity index (χ0) is 14.5. The van der Waals surface area contributed by atoms with E-state index in [2.05, 4.69) is 0 Å². The van der Waals surface area contributed by atoms with Gasteiger partial charge in [0.15, 0.2) is 0 Å². The Bertz CT molecular complexity index is 597. The van der Waals surface area contributed by atoms with Gasteiger partial charge in [0, 0.05) is 12.3 Å². The van der Waals surface area contributed by atoms with Crippen molar-refractivity contribution in [3.63, 3.8) is 0 Å². The van der Waals surface area contributed by atoms with Crippen LogP contribution in [0.25, 0.3) is 0 Å². The number of hydrogen-bond acceptors (Lipinski definition) is 6. The summed E-state index contributed by atoms with van der Waals surface area (Å²) in [5.74, 6) is -0.970. The van der Waals surface area contributed by atoms with Crippen molar-refractivity contribution in [2.45, 2.75) is 56.4 Å². The molecular formula is C15H16O6. The number of carbonyl (C=O) groups excluding carboxylic acids is 2. The fraction of sp³-hybridized carbons (Fsp3) is 0.733. The summed E-state index contributed by atoms with van der Waals surface area (Å²) in [5, 5.41) is 0.